The molecule has 0 radical (unpaired) electrons. The predicted octanol–water partition coefficient (Wildman–Crippen LogP) is 6.97. The Morgan fingerprint density at radius 3 is 2.26 bits per heavy atom. The highest BCUT2D eigenvalue weighted by molar-refractivity contribution is 5.82. The fourth-order valence-electron chi connectivity index (χ4n) is 4.35. The van der Waals surface area contributed by atoms with Crippen LogP contribution in [0.3, 0.4) is 0 Å². The Morgan fingerprint density at radius 2 is 1.57 bits per heavy atom. The highest BCUT2D eigenvalue weighted by Crippen LogP contribution is 2.31. The van der Waals surface area contributed by atoms with Crippen molar-refractivity contribution in [3.8, 4) is 22.9 Å². The number of hydrogen-bond acceptors (Lipinski definition) is 4. The van der Waals surface area contributed by atoms with E-state index in [4.69, 9.17) is 14.5 Å². The van der Waals surface area contributed by atoms with Crippen molar-refractivity contribution in [2.75, 3.05) is 26.2 Å². The smallest absolute Gasteiger partial charge is 0.141 e. The van der Waals surface area contributed by atoms with E-state index in [1.54, 1.807) is 0 Å². The lowest BCUT2D eigenvalue weighted by atomic mass is 10.2. The molecule has 5 heteroatoms. The van der Waals surface area contributed by atoms with Crippen molar-refractivity contribution in [2.45, 2.75) is 46.8 Å². The second-order valence-electron chi connectivity index (χ2n) is 9.08. The van der Waals surface area contributed by atoms with E-state index >= 15 is 0 Å². The molecule has 0 saturated heterocycles. The zero-order chi connectivity index (χ0) is 24.6. The zero-order valence-corrected chi connectivity index (χ0v) is 21.4. The lowest BCUT2D eigenvalue weighted by molar-refractivity contribution is 0.249. The van der Waals surface area contributed by atoms with Gasteiger partial charge in [-0.3, -0.25) is 0 Å². The van der Waals surface area contributed by atoms with Gasteiger partial charge in [-0.25, -0.2) is 4.98 Å². The van der Waals surface area contributed by atoms with Crippen LogP contribution < -0.4 is 9.47 Å². The van der Waals surface area contributed by atoms with Crippen molar-refractivity contribution in [3.63, 3.8) is 0 Å². The van der Waals surface area contributed by atoms with Crippen molar-refractivity contribution >= 4 is 11.0 Å². The summed E-state index contributed by atoms with van der Waals surface area (Å²) in [5.74, 6) is 2.71. The van der Waals surface area contributed by atoms with Crippen molar-refractivity contribution < 1.29 is 9.47 Å². The molecule has 35 heavy (non-hydrogen) atoms. The first-order valence-corrected chi connectivity index (χ1v) is 12.7. The second-order valence-corrected chi connectivity index (χ2v) is 9.08. The van der Waals surface area contributed by atoms with Gasteiger partial charge in [0.05, 0.1) is 17.6 Å². The van der Waals surface area contributed by atoms with Crippen LogP contribution in [-0.4, -0.2) is 40.7 Å². The normalized spacial score (nSPS) is 11.5. The quantitative estimate of drug-likeness (QED) is 0.209. The lowest BCUT2D eigenvalue weighted by Crippen LogP contribution is -2.25. The van der Waals surface area contributed by atoms with Gasteiger partial charge in [-0.05, 0) is 75.3 Å². The van der Waals surface area contributed by atoms with E-state index in [1.807, 2.05) is 36.4 Å². The maximum absolute atomic E-state index is 6.10. The average molecular weight is 472 g/mol. The van der Waals surface area contributed by atoms with Crippen LogP contribution in [0.4, 0.5) is 0 Å². The van der Waals surface area contributed by atoms with E-state index in [1.165, 1.54) is 0 Å². The fraction of sp³-hybridized carbons (Fsp3) is 0.367. The molecule has 0 N–H and O–H groups in total. The number of nitrogens with zero attached hydrogens (tertiary/aromatic N) is 3. The van der Waals surface area contributed by atoms with Gasteiger partial charge in [-0.2, -0.15) is 0 Å². The van der Waals surface area contributed by atoms with Crippen LogP contribution >= 0.6 is 0 Å². The molecule has 0 aliphatic carbocycles. The third-order valence-corrected chi connectivity index (χ3v) is 6.32. The summed E-state index contributed by atoms with van der Waals surface area (Å²) in [7, 11) is 0. The Kier molecular flexibility index (Phi) is 8.43. The molecule has 3 aromatic carbocycles. The Bertz CT molecular complexity index is 1200. The highest BCUT2D eigenvalue weighted by atomic mass is 16.5. The number of aromatic nitrogens is 2. The molecule has 0 aliphatic heterocycles. The van der Waals surface area contributed by atoms with Crippen LogP contribution in [-0.2, 0) is 6.61 Å². The van der Waals surface area contributed by atoms with Crippen molar-refractivity contribution in [1.82, 2.24) is 14.5 Å². The van der Waals surface area contributed by atoms with Crippen LogP contribution in [0, 0.1) is 0 Å². The molecule has 0 unspecified atom stereocenters. The van der Waals surface area contributed by atoms with Crippen molar-refractivity contribution in [3.05, 3.63) is 78.4 Å². The number of rotatable bonds is 12. The molecular formula is C30H37N3O2. The van der Waals surface area contributed by atoms with Gasteiger partial charge in [0.1, 0.15) is 23.9 Å². The molecule has 0 spiro atoms. The van der Waals surface area contributed by atoms with Crippen LogP contribution in [0.5, 0.6) is 11.5 Å². The first kappa shape index (κ1) is 24.8. The van der Waals surface area contributed by atoms with E-state index in [9.17, 15) is 0 Å². The molecule has 4 rings (SSSR count). The third-order valence-electron chi connectivity index (χ3n) is 6.32. The summed E-state index contributed by atoms with van der Waals surface area (Å²) < 4.78 is 14.4. The van der Waals surface area contributed by atoms with Gasteiger partial charge < -0.3 is 18.9 Å². The molecule has 0 aliphatic rings. The van der Waals surface area contributed by atoms with Crippen LogP contribution in [0.15, 0.2) is 72.8 Å². The number of hydrogen-bond donors (Lipinski definition) is 0. The second kappa shape index (κ2) is 11.9. The van der Waals surface area contributed by atoms with Gasteiger partial charge in [-0.15, -0.1) is 0 Å². The Morgan fingerprint density at radius 1 is 0.857 bits per heavy atom. The minimum atomic E-state index is 0.266. The summed E-state index contributed by atoms with van der Waals surface area (Å²) in [4.78, 5) is 7.39. The minimum Gasteiger partial charge on any atom is -0.493 e. The highest BCUT2D eigenvalue weighted by Gasteiger charge is 2.16. The number of benzene rings is 3. The Balaban J connectivity index is 1.49. The van der Waals surface area contributed by atoms with E-state index < -0.39 is 0 Å². The first-order chi connectivity index (χ1) is 17.1. The molecule has 184 valence electrons. The topological polar surface area (TPSA) is 39.5 Å². The van der Waals surface area contributed by atoms with Gasteiger partial charge >= 0.3 is 0 Å². The Labute approximate surface area is 209 Å². The minimum absolute atomic E-state index is 0.266. The largest absolute Gasteiger partial charge is 0.493 e. The number of fused-ring (bicyclic) bond motifs is 1. The molecule has 0 amide bonds. The molecule has 0 fully saturated rings. The van der Waals surface area contributed by atoms with Gasteiger partial charge in [0, 0.05) is 24.2 Å². The summed E-state index contributed by atoms with van der Waals surface area (Å²) in [6.45, 7) is 13.3. The number of imidazole rings is 1. The zero-order valence-electron chi connectivity index (χ0n) is 21.4. The summed E-state index contributed by atoms with van der Waals surface area (Å²) in [5.41, 5.74) is 4.31. The van der Waals surface area contributed by atoms with Crippen molar-refractivity contribution in [1.29, 1.82) is 0 Å². The Hall–Kier alpha value is -3.31. The van der Waals surface area contributed by atoms with E-state index in [-0.39, 0.29) is 6.04 Å². The summed E-state index contributed by atoms with van der Waals surface area (Å²) in [6, 6.07) is 24.9. The van der Waals surface area contributed by atoms with Crippen molar-refractivity contribution in [2.24, 2.45) is 0 Å². The lowest BCUT2D eigenvalue weighted by Gasteiger charge is -2.17. The van der Waals surface area contributed by atoms with Gasteiger partial charge in [0.2, 0.25) is 0 Å². The van der Waals surface area contributed by atoms with Crippen LogP contribution in [0.25, 0.3) is 22.4 Å². The molecule has 1 aromatic heterocycles. The fourth-order valence-corrected chi connectivity index (χ4v) is 4.35. The summed E-state index contributed by atoms with van der Waals surface area (Å²) in [6.07, 6.45) is 1.02. The standard InChI is InChI=1S/C30H37N3O2/c1-5-32(6-2)19-10-20-34-27-17-18-28-29(21-27)33(23(3)4)30(31-28)25-13-15-26(16-14-25)35-22-24-11-8-7-9-12-24/h7-9,11-18,21,23H,5-6,10,19-20,22H2,1-4H3. The van der Waals surface area contributed by atoms with Gasteiger partial charge in [-0.1, -0.05) is 44.2 Å². The van der Waals surface area contributed by atoms with Crippen LogP contribution in [0.2, 0.25) is 0 Å². The SMILES string of the molecule is CCN(CC)CCCOc1ccc2nc(-c3ccc(OCc4ccccc4)cc3)n(C(C)C)c2c1. The monoisotopic (exact) mass is 471 g/mol. The molecule has 5 nitrogen and oxygen atoms in total. The van der Waals surface area contributed by atoms with Gasteiger partial charge in [0.25, 0.3) is 0 Å². The van der Waals surface area contributed by atoms with Gasteiger partial charge in [0.15, 0.2) is 0 Å². The predicted molar refractivity (Wildman–Crippen MR) is 144 cm³/mol. The molecule has 4 aromatic rings. The third kappa shape index (κ3) is 6.23. The summed E-state index contributed by atoms with van der Waals surface area (Å²) in [5, 5.41) is 0. The molecule has 0 bridgehead atoms. The van der Waals surface area contributed by atoms with Crippen LogP contribution in [0.1, 0.15) is 45.7 Å². The van der Waals surface area contributed by atoms with E-state index in [0.717, 1.165) is 72.1 Å². The maximum Gasteiger partial charge on any atom is 0.141 e. The first-order valence-electron chi connectivity index (χ1n) is 12.7. The molecule has 0 atom stereocenters. The van der Waals surface area contributed by atoms with E-state index in [2.05, 4.69) is 73.6 Å². The summed E-state index contributed by atoms with van der Waals surface area (Å²) >= 11 is 0. The molecular weight excluding hydrogens is 434 g/mol. The molecule has 0 saturated carbocycles. The average Bonchev–Trinajstić information content (AvgIpc) is 3.28. The number of ether oxygens (including phenoxy) is 2. The van der Waals surface area contributed by atoms with E-state index in [0.29, 0.717) is 6.61 Å². The maximum atomic E-state index is 6.10. The molecule has 1 heterocycles.